The summed E-state index contributed by atoms with van der Waals surface area (Å²) in [5, 5.41) is 0. The van der Waals surface area contributed by atoms with Gasteiger partial charge in [-0.2, -0.15) is 0 Å². The molecular formula is C3H7NaO5S3. The first-order valence-electron chi connectivity index (χ1n) is 2.49. The Labute approximate surface area is 97.7 Å². The maximum atomic E-state index is 10.6. The second-order valence-electron chi connectivity index (χ2n) is 1.69. The molecule has 0 amide bonds. The normalized spacial score (nSPS) is 12.2. The topological polar surface area (TPSA) is 91.3 Å². The van der Waals surface area contributed by atoms with Gasteiger partial charge in [-0.15, -0.1) is 0 Å². The fourth-order valence-electron chi connectivity index (χ4n) is 0.287. The summed E-state index contributed by atoms with van der Waals surface area (Å²) in [5.41, 5.74) is 0. The molecule has 12 heavy (non-hydrogen) atoms. The third-order valence-electron chi connectivity index (χ3n) is 0.837. The molecule has 9 heteroatoms. The second-order valence-corrected chi connectivity index (χ2v) is 7.59. The van der Waals surface area contributed by atoms with E-state index in [0.717, 1.165) is 0 Å². The monoisotopic (exact) mass is 242 g/mol. The summed E-state index contributed by atoms with van der Waals surface area (Å²) in [6.07, 6.45) is 1.31. The maximum Gasteiger partial charge on any atom is 1.00 e. The summed E-state index contributed by atoms with van der Waals surface area (Å²) in [6, 6.07) is 0. The van der Waals surface area contributed by atoms with E-state index in [1.165, 1.54) is 6.26 Å². The van der Waals surface area contributed by atoms with Gasteiger partial charge in [-0.25, -0.2) is 16.8 Å². The Balaban J connectivity index is 0. The first-order chi connectivity index (χ1) is 4.77. The largest absolute Gasteiger partial charge is 1.00 e. The molecule has 0 N–H and O–H groups in total. The summed E-state index contributed by atoms with van der Waals surface area (Å²) in [4.78, 5) is 0. The molecule has 0 bridgehead atoms. The van der Waals surface area contributed by atoms with Crippen LogP contribution in [0.4, 0.5) is 0 Å². The van der Waals surface area contributed by atoms with Crippen molar-refractivity contribution in [3.63, 3.8) is 0 Å². The van der Waals surface area contributed by atoms with Gasteiger partial charge in [0.1, 0.15) is 0 Å². The van der Waals surface area contributed by atoms with Crippen molar-refractivity contribution in [1.29, 1.82) is 0 Å². The average Bonchev–Trinajstić information content (AvgIpc) is 1.83. The third-order valence-corrected chi connectivity index (χ3v) is 5.04. The van der Waals surface area contributed by atoms with Crippen molar-refractivity contribution in [3.05, 3.63) is 0 Å². The van der Waals surface area contributed by atoms with Gasteiger partial charge in [-0.05, 0) is 17.0 Å². The molecule has 0 aliphatic heterocycles. The molecule has 0 spiro atoms. The smallest absolute Gasteiger partial charge is 0.748 e. The molecule has 0 aliphatic rings. The minimum absolute atomic E-state index is 0. The first kappa shape index (κ1) is 15.7. The van der Waals surface area contributed by atoms with Crippen molar-refractivity contribution in [1.82, 2.24) is 0 Å². The average molecular weight is 242 g/mol. The molecule has 0 saturated heterocycles. The van der Waals surface area contributed by atoms with Crippen LogP contribution in [0, 0.1) is 0 Å². The van der Waals surface area contributed by atoms with Crippen molar-refractivity contribution >= 4 is 29.8 Å². The van der Waals surface area contributed by atoms with E-state index in [-0.39, 0.29) is 29.6 Å². The van der Waals surface area contributed by atoms with Gasteiger partial charge in [0.05, 0.1) is 21.6 Å². The van der Waals surface area contributed by atoms with Crippen molar-refractivity contribution in [2.24, 2.45) is 0 Å². The zero-order valence-electron chi connectivity index (χ0n) is 6.68. The van der Waals surface area contributed by atoms with E-state index in [9.17, 15) is 21.4 Å². The van der Waals surface area contributed by atoms with Crippen molar-refractivity contribution < 1.29 is 50.9 Å². The molecule has 0 saturated carbocycles. The minimum Gasteiger partial charge on any atom is -0.748 e. The van der Waals surface area contributed by atoms with Gasteiger partial charge in [0.2, 0.25) is 8.87 Å². The van der Waals surface area contributed by atoms with Crippen LogP contribution in [0.5, 0.6) is 0 Å². The van der Waals surface area contributed by atoms with Gasteiger partial charge in [-0.1, -0.05) is 0 Å². The second kappa shape index (κ2) is 5.84. The molecule has 0 aromatic heterocycles. The summed E-state index contributed by atoms with van der Waals surface area (Å²) in [7, 11) is -7.29. The van der Waals surface area contributed by atoms with Crippen LogP contribution in [0.25, 0.3) is 0 Å². The van der Waals surface area contributed by atoms with Crippen LogP contribution in [0.2, 0.25) is 0 Å². The summed E-state index contributed by atoms with van der Waals surface area (Å²) < 4.78 is 51.1. The predicted octanol–water partition coefficient (Wildman–Crippen LogP) is -3.77. The van der Waals surface area contributed by atoms with Crippen LogP contribution >= 0.6 is 10.8 Å². The summed E-state index contributed by atoms with van der Waals surface area (Å²) in [5.74, 6) is -1.46. The Morgan fingerprint density at radius 3 is 1.83 bits per heavy atom. The van der Waals surface area contributed by atoms with Crippen LogP contribution in [0.1, 0.15) is 0 Å². The Morgan fingerprint density at radius 1 is 1.17 bits per heavy atom. The van der Waals surface area contributed by atoms with E-state index >= 15 is 0 Å². The maximum absolute atomic E-state index is 10.6. The minimum atomic E-state index is -4.41. The van der Waals surface area contributed by atoms with E-state index in [0.29, 0.717) is 10.8 Å². The SMILES string of the molecule is CSS(=O)(=O)CCS(=O)(=O)[O-].[Na+]. The number of rotatable bonds is 4. The molecule has 68 valence electrons. The molecule has 0 unspecified atom stereocenters. The van der Waals surface area contributed by atoms with Gasteiger partial charge < -0.3 is 4.55 Å². The van der Waals surface area contributed by atoms with E-state index < -0.39 is 30.5 Å². The Hall–Kier alpha value is 1.21. The molecular weight excluding hydrogens is 235 g/mol. The molecule has 0 fully saturated rings. The van der Waals surface area contributed by atoms with Crippen LogP contribution in [0.3, 0.4) is 0 Å². The Kier molecular flexibility index (Phi) is 7.63. The van der Waals surface area contributed by atoms with Crippen LogP contribution in [-0.4, -0.2) is 39.1 Å². The first-order valence-corrected chi connectivity index (χ1v) is 7.46. The van der Waals surface area contributed by atoms with Gasteiger partial charge in [0, 0.05) is 0 Å². The molecule has 0 heterocycles. The third kappa shape index (κ3) is 9.30. The standard InChI is InChI=1S/C3H8O5S3.Na/c1-9-11(7,8)3-2-10(4,5)6;/h2-3H2,1H3,(H,4,5,6);/q;+1/p-1. The fourth-order valence-corrected chi connectivity index (χ4v) is 3.20. The molecule has 0 aliphatic carbocycles. The zero-order chi connectivity index (χ0) is 9.12. The van der Waals surface area contributed by atoms with Gasteiger partial charge >= 0.3 is 29.6 Å². The van der Waals surface area contributed by atoms with E-state index in [4.69, 9.17) is 0 Å². The van der Waals surface area contributed by atoms with Crippen LogP contribution < -0.4 is 29.6 Å². The molecule has 5 nitrogen and oxygen atoms in total. The van der Waals surface area contributed by atoms with Crippen molar-refractivity contribution in [3.8, 4) is 0 Å². The molecule has 0 radical (unpaired) electrons. The molecule has 0 atom stereocenters. The predicted molar refractivity (Wildman–Crippen MR) is 41.9 cm³/mol. The van der Waals surface area contributed by atoms with Crippen LogP contribution in [0.15, 0.2) is 0 Å². The molecule has 0 rings (SSSR count). The summed E-state index contributed by atoms with van der Waals surface area (Å²) >= 11 is 0. The molecule has 0 aromatic rings. The van der Waals surface area contributed by atoms with Crippen LogP contribution in [-0.2, 0) is 19.0 Å². The van der Waals surface area contributed by atoms with Crippen molar-refractivity contribution in [2.45, 2.75) is 0 Å². The van der Waals surface area contributed by atoms with Gasteiger partial charge in [0.25, 0.3) is 0 Å². The van der Waals surface area contributed by atoms with E-state index in [1.54, 1.807) is 0 Å². The quantitative estimate of drug-likeness (QED) is 0.285. The van der Waals surface area contributed by atoms with E-state index in [1.807, 2.05) is 0 Å². The van der Waals surface area contributed by atoms with Crippen molar-refractivity contribution in [2.75, 3.05) is 17.8 Å². The molecule has 0 aromatic carbocycles. The number of hydrogen-bond donors (Lipinski definition) is 0. The van der Waals surface area contributed by atoms with Gasteiger partial charge in [-0.3, -0.25) is 0 Å². The number of hydrogen-bond acceptors (Lipinski definition) is 6. The Morgan fingerprint density at radius 2 is 1.58 bits per heavy atom. The summed E-state index contributed by atoms with van der Waals surface area (Å²) in [6.45, 7) is 0. The van der Waals surface area contributed by atoms with E-state index in [2.05, 4.69) is 0 Å². The fraction of sp³-hybridized carbons (Fsp3) is 1.00. The van der Waals surface area contributed by atoms with Gasteiger partial charge in [0.15, 0.2) is 0 Å². The Bertz CT molecular complexity index is 303. The zero-order valence-corrected chi connectivity index (χ0v) is 11.1.